The van der Waals surface area contributed by atoms with Crippen molar-refractivity contribution in [1.29, 1.82) is 0 Å². The average molecular weight is 301 g/mol. The first kappa shape index (κ1) is 13.1. The Morgan fingerprint density at radius 2 is 2.24 bits per heavy atom. The van der Waals surface area contributed by atoms with E-state index in [4.69, 9.17) is 5.73 Å². The maximum atomic E-state index is 12.4. The van der Waals surface area contributed by atoms with E-state index in [1.165, 1.54) is 37.0 Å². The van der Waals surface area contributed by atoms with Crippen molar-refractivity contribution in [3.63, 3.8) is 0 Å². The number of nitrogens with one attached hydrogen (secondary N) is 1. The van der Waals surface area contributed by atoms with Crippen LogP contribution < -0.4 is 11.1 Å². The minimum atomic E-state index is -0.0416. The number of nitrogen functional groups attached to an aromatic ring is 1. The molecule has 0 atom stereocenters. The molecule has 2 fully saturated rings. The lowest BCUT2D eigenvalue weighted by molar-refractivity contribution is 0.0947. The third-order valence-electron chi connectivity index (χ3n) is 4.88. The molecule has 4 rings (SSSR count). The number of fused-ring (bicyclic) bond motifs is 1. The van der Waals surface area contributed by atoms with E-state index in [2.05, 4.69) is 10.3 Å². The first-order valence-electron chi connectivity index (χ1n) is 7.53. The Labute approximate surface area is 127 Å². The summed E-state index contributed by atoms with van der Waals surface area (Å²) in [6, 6.07) is 3.88. The van der Waals surface area contributed by atoms with Crippen LogP contribution in [0, 0.1) is 18.3 Å². The number of aryl methyl sites for hydroxylation is 1. The maximum Gasteiger partial charge on any atom is 0.263 e. The molecule has 3 N–H and O–H groups in total. The molecule has 5 heteroatoms. The lowest BCUT2D eigenvalue weighted by Crippen LogP contribution is -2.31. The number of anilines is 1. The molecule has 2 aromatic heterocycles. The van der Waals surface area contributed by atoms with Crippen LogP contribution in [0.3, 0.4) is 0 Å². The molecule has 0 unspecified atom stereocenters. The molecule has 21 heavy (non-hydrogen) atoms. The number of pyridine rings is 1. The molecular formula is C16H19N3OS. The fourth-order valence-electron chi connectivity index (χ4n) is 3.18. The second kappa shape index (κ2) is 4.44. The van der Waals surface area contributed by atoms with Gasteiger partial charge < -0.3 is 11.1 Å². The number of nitrogens with two attached hydrogens (primary N) is 1. The summed E-state index contributed by atoms with van der Waals surface area (Å²) in [7, 11) is 0. The standard InChI is InChI=1S/C16H19N3OS/c1-9-2-5-11-12(17)13(21-15(11)19-9)14(20)18-8-16(6-7-16)10-3-4-10/h2,5,10H,3-4,6-8,17H2,1H3,(H,18,20). The van der Waals surface area contributed by atoms with E-state index in [1.54, 1.807) is 0 Å². The number of thiophene rings is 1. The number of aromatic nitrogens is 1. The van der Waals surface area contributed by atoms with Gasteiger partial charge in [-0.2, -0.15) is 0 Å². The van der Waals surface area contributed by atoms with E-state index in [0.29, 0.717) is 16.0 Å². The Kier molecular flexibility index (Phi) is 2.76. The van der Waals surface area contributed by atoms with Gasteiger partial charge in [-0.1, -0.05) is 0 Å². The van der Waals surface area contributed by atoms with Crippen LogP contribution in [0.2, 0.25) is 0 Å². The van der Waals surface area contributed by atoms with Gasteiger partial charge >= 0.3 is 0 Å². The molecule has 2 aliphatic rings. The summed E-state index contributed by atoms with van der Waals surface area (Å²) in [4.78, 5) is 18.3. The molecular weight excluding hydrogens is 282 g/mol. The molecule has 2 aromatic rings. The smallest absolute Gasteiger partial charge is 0.263 e. The Hall–Kier alpha value is -1.62. The van der Waals surface area contributed by atoms with Crippen LogP contribution in [-0.4, -0.2) is 17.4 Å². The van der Waals surface area contributed by atoms with Crippen LogP contribution in [-0.2, 0) is 0 Å². The first-order valence-corrected chi connectivity index (χ1v) is 8.34. The number of rotatable bonds is 4. The van der Waals surface area contributed by atoms with E-state index in [-0.39, 0.29) is 5.91 Å². The molecule has 2 aliphatic carbocycles. The Morgan fingerprint density at radius 1 is 1.48 bits per heavy atom. The molecule has 0 spiro atoms. The number of hydrogen-bond acceptors (Lipinski definition) is 4. The highest BCUT2D eigenvalue weighted by molar-refractivity contribution is 7.21. The zero-order valence-corrected chi connectivity index (χ0v) is 12.9. The van der Waals surface area contributed by atoms with Gasteiger partial charge in [-0.15, -0.1) is 11.3 Å². The number of carbonyl (C=O) groups is 1. The third kappa shape index (κ3) is 2.20. The zero-order chi connectivity index (χ0) is 14.6. The molecule has 1 amide bonds. The average Bonchev–Trinajstić information content (AvgIpc) is 3.34. The van der Waals surface area contributed by atoms with Crippen molar-refractivity contribution in [1.82, 2.24) is 10.3 Å². The molecule has 0 radical (unpaired) electrons. The van der Waals surface area contributed by atoms with Crippen LogP contribution in [0.5, 0.6) is 0 Å². The second-order valence-corrected chi connectivity index (χ2v) is 7.47. The summed E-state index contributed by atoms with van der Waals surface area (Å²) in [5.41, 5.74) is 8.05. The van der Waals surface area contributed by atoms with Crippen molar-refractivity contribution in [2.45, 2.75) is 32.6 Å². The molecule has 0 aliphatic heterocycles. The molecule has 2 heterocycles. The van der Waals surface area contributed by atoms with Crippen LogP contribution in [0.25, 0.3) is 10.2 Å². The molecule has 110 valence electrons. The van der Waals surface area contributed by atoms with E-state index in [0.717, 1.165) is 28.4 Å². The van der Waals surface area contributed by atoms with E-state index in [9.17, 15) is 4.79 Å². The Balaban J connectivity index is 1.55. The normalized spacial score (nSPS) is 19.7. The molecule has 0 aromatic carbocycles. The molecule has 4 nitrogen and oxygen atoms in total. The van der Waals surface area contributed by atoms with E-state index < -0.39 is 0 Å². The Morgan fingerprint density at radius 3 is 2.90 bits per heavy atom. The number of nitrogens with zero attached hydrogens (tertiary/aromatic N) is 1. The van der Waals surface area contributed by atoms with Crippen LogP contribution >= 0.6 is 11.3 Å². The highest BCUT2D eigenvalue weighted by Gasteiger charge is 2.53. The summed E-state index contributed by atoms with van der Waals surface area (Å²) in [6.07, 6.45) is 5.20. The summed E-state index contributed by atoms with van der Waals surface area (Å²) < 4.78 is 0. The van der Waals surface area contributed by atoms with Gasteiger partial charge in [0.05, 0.1) is 5.69 Å². The third-order valence-corrected chi connectivity index (χ3v) is 5.99. The minimum absolute atomic E-state index is 0.0416. The lowest BCUT2D eigenvalue weighted by Gasteiger charge is -2.14. The summed E-state index contributed by atoms with van der Waals surface area (Å²) in [5.74, 6) is 0.807. The van der Waals surface area contributed by atoms with Gasteiger partial charge in [0, 0.05) is 17.6 Å². The van der Waals surface area contributed by atoms with Crippen molar-refractivity contribution in [2.24, 2.45) is 11.3 Å². The van der Waals surface area contributed by atoms with Crippen molar-refractivity contribution >= 4 is 33.1 Å². The number of carbonyl (C=O) groups excluding carboxylic acids is 1. The predicted molar refractivity (Wildman–Crippen MR) is 85.5 cm³/mol. The Bertz CT molecular complexity index is 728. The molecule has 0 bridgehead atoms. The van der Waals surface area contributed by atoms with E-state index >= 15 is 0 Å². The van der Waals surface area contributed by atoms with Gasteiger partial charge in [-0.3, -0.25) is 4.79 Å². The molecule has 2 saturated carbocycles. The second-order valence-electron chi connectivity index (χ2n) is 6.47. The summed E-state index contributed by atoms with van der Waals surface area (Å²) >= 11 is 1.39. The van der Waals surface area contributed by atoms with Gasteiger partial charge in [0.25, 0.3) is 5.91 Å². The van der Waals surface area contributed by atoms with Crippen LogP contribution in [0.15, 0.2) is 12.1 Å². The van der Waals surface area contributed by atoms with Gasteiger partial charge in [0.1, 0.15) is 9.71 Å². The predicted octanol–water partition coefficient (Wildman–Crippen LogP) is 3.11. The molecule has 0 saturated heterocycles. The largest absolute Gasteiger partial charge is 0.397 e. The minimum Gasteiger partial charge on any atom is -0.397 e. The maximum absolute atomic E-state index is 12.4. The van der Waals surface area contributed by atoms with Gasteiger partial charge in [0.15, 0.2) is 0 Å². The SMILES string of the molecule is Cc1ccc2c(N)c(C(=O)NCC3(C4CC4)CC3)sc2n1. The van der Waals surface area contributed by atoms with Crippen LogP contribution in [0.1, 0.15) is 41.0 Å². The summed E-state index contributed by atoms with van der Waals surface area (Å²) in [6.45, 7) is 2.75. The lowest BCUT2D eigenvalue weighted by atomic mass is 10.0. The topological polar surface area (TPSA) is 68.0 Å². The zero-order valence-electron chi connectivity index (χ0n) is 12.1. The van der Waals surface area contributed by atoms with E-state index in [1.807, 2.05) is 19.1 Å². The van der Waals surface area contributed by atoms with Gasteiger partial charge in [-0.25, -0.2) is 4.98 Å². The highest BCUT2D eigenvalue weighted by atomic mass is 32.1. The van der Waals surface area contributed by atoms with Crippen LogP contribution in [0.4, 0.5) is 5.69 Å². The fourth-order valence-corrected chi connectivity index (χ4v) is 4.24. The summed E-state index contributed by atoms with van der Waals surface area (Å²) in [5, 5.41) is 3.99. The van der Waals surface area contributed by atoms with Crippen molar-refractivity contribution in [3.05, 3.63) is 22.7 Å². The number of amides is 1. The van der Waals surface area contributed by atoms with Gasteiger partial charge in [-0.05, 0) is 56.1 Å². The first-order chi connectivity index (χ1) is 10.1. The highest BCUT2D eigenvalue weighted by Crippen LogP contribution is 2.60. The quantitative estimate of drug-likeness (QED) is 0.911. The van der Waals surface area contributed by atoms with Crippen molar-refractivity contribution in [2.75, 3.05) is 12.3 Å². The van der Waals surface area contributed by atoms with Crippen molar-refractivity contribution in [3.8, 4) is 0 Å². The number of hydrogen-bond donors (Lipinski definition) is 2. The fraction of sp³-hybridized carbons (Fsp3) is 0.500. The van der Waals surface area contributed by atoms with Gasteiger partial charge in [0.2, 0.25) is 0 Å². The monoisotopic (exact) mass is 301 g/mol. The van der Waals surface area contributed by atoms with Crippen molar-refractivity contribution < 1.29 is 4.79 Å².